The fraction of sp³-hybridized carbons (Fsp3) is 0.200. The molecule has 6 nitrogen and oxygen atoms in total. The maximum atomic E-state index is 6.15. The van der Waals surface area contributed by atoms with Gasteiger partial charge in [0.1, 0.15) is 17.1 Å². The van der Waals surface area contributed by atoms with Crippen LogP contribution in [0, 0.1) is 0 Å². The summed E-state index contributed by atoms with van der Waals surface area (Å²) in [6.07, 6.45) is 1.61. The number of H-pyrrole nitrogens is 1. The second-order valence-corrected chi connectivity index (χ2v) is 4.89. The number of imidazole rings is 1. The Labute approximate surface area is 132 Å². The van der Waals surface area contributed by atoms with Gasteiger partial charge in [-0.25, -0.2) is 9.97 Å². The molecule has 2 aromatic heterocycles. The van der Waals surface area contributed by atoms with Crippen LogP contribution in [0.25, 0.3) is 22.6 Å². The van der Waals surface area contributed by atoms with E-state index in [1.807, 2.05) is 0 Å². The zero-order valence-corrected chi connectivity index (χ0v) is 13.1. The molecule has 0 saturated carbocycles. The van der Waals surface area contributed by atoms with E-state index in [1.54, 1.807) is 45.7 Å². The minimum absolute atomic E-state index is 0.541. The third kappa shape index (κ3) is 2.31. The van der Waals surface area contributed by atoms with E-state index in [0.29, 0.717) is 39.3 Å². The van der Waals surface area contributed by atoms with Gasteiger partial charge in [0, 0.05) is 12.3 Å². The molecular formula is C15H14ClN3O3. The van der Waals surface area contributed by atoms with E-state index in [4.69, 9.17) is 25.8 Å². The number of halogens is 1. The lowest BCUT2D eigenvalue weighted by Crippen LogP contribution is -1.95. The highest BCUT2D eigenvalue weighted by atomic mass is 35.5. The van der Waals surface area contributed by atoms with E-state index in [0.717, 1.165) is 5.56 Å². The third-order valence-corrected chi connectivity index (χ3v) is 3.62. The number of pyridine rings is 1. The lowest BCUT2D eigenvalue weighted by Gasteiger charge is -2.12. The Balaban J connectivity index is 2.22. The minimum atomic E-state index is 0.541. The van der Waals surface area contributed by atoms with Crippen molar-refractivity contribution < 1.29 is 14.2 Å². The van der Waals surface area contributed by atoms with Crippen LogP contribution in [0.5, 0.6) is 17.2 Å². The van der Waals surface area contributed by atoms with E-state index in [-0.39, 0.29) is 0 Å². The second-order valence-electron chi connectivity index (χ2n) is 4.48. The van der Waals surface area contributed by atoms with Gasteiger partial charge in [0.15, 0.2) is 17.1 Å². The first kappa shape index (κ1) is 14.5. The van der Waals surface area contributed by atoms with Crippen LogP contribution in [0.1, 0.15) is 0 Å². The molecule has 0 aliphatic carbocycles. The smallest absolute Gasteiger partial charge is 0.179 e. The van der Waals surface area contributed by atoms with Crippen LogP contribution in [0.15, 0.2) is 24.4 Å². The van der Waals surface area contributed by atoms with Gasteiger partial charge < -0.3 is 19.2 Å². The molecule has 0 unspecified atom stereocenters. The first-order valence-electron chi connectivity index (χ1n) is 6.48. The predicted octanol–water partition coefficient (Wildman–Crippen LogP) is 3.30. The monoisotopic (exact) mass is 319 g/mol. The van der Waals surface area contributed by atoms with E-state index in [2.05, 4.69) is 15.0 Å². The Hall–Kier alpha value is -2.47. The topological polar surface area (TPSA) is 69.3 Å². The first-order valence-corrected chi connectivity index (χ1v) is 6.86. The van der Waals surface area contributed by atoms with Gasteiger partial charge in [-0.15, -0.1) is 0 Å². The van der Waals surface area contributed by atoms with Gasteiger partial charge in [0.2, 0.25) is 0 Å². The van der Waals surface area contributed by atoms with Crippen molar-refractivity contribution in [3.8, 4) is 28.6 Å². The van der Waals surface area contributed by atoms with Crippen molar-refractivity contribution in [3.63, 3.8) is 0 Å². The number of hydrogen-bond acceptors (Lipinski definition) is 5. The predicted molar refractivity (Wildman–Crippen MR) is 84.0 cm³/mol. The Morgan fingerprint density at radius 1 is 1.00 bits per heavy atom. The molecule has 0 fully saturated rings. The molecule has 7 heteroatoms. The van der Waals surface area contributed by atoms with Crippen molar-refractivity contribution >= 4 is 22.8 Å². The molecule has 0 amide bonds. The average molecular weight is 320 g/mol. The van der Waals surface area contributed by atoms with Crippen LogP contribution in [0.3, 0.4) is 0 Å². The first-order chi connectivity index (χ1) is 10.7. The van der Waals surface area contributed by atoms with Gasteiger partial charge in [-0.05, 0) is 12.1 Å². The van der Waals surface area contributed by atoms with Crippen LogP contribution in [0.4, 0.5) is 0 Å². The number of fused-ring (bicyclic) bond motifs is 1. The number of rotatable bonds is 4. The Morgan fingerprint density at radius 3 is 2.32 bits per heavy atom. The van der Waals surface area contributed by atoms with Crippen LogP contribution >= 0.6 is 11.6 Å². The van der Waals surface area contributed by atoms with Gasteiger partial charge in [-0.1, -0.05) is 11.6 Å². The highest BCUT2D eigenvalue weighted by Crippen LogP contribution is 2.39. The maximum Gasteiger partial charge on any atom is 0.179 e. The molecule has 22 heavy (non-hydrogen) atoms. The molecule has 2 heterocycles. The van der Waals surface area contributed by atoms with Gasteiger partial charge in [-0.2, -0.15) is 0 Å². The summed E-state index contributed by atoms with van der Waals surface area (Å²) in [4.78, 5) is 11.8. The minimum Gasteiger partial charge on any atom is -0.496 e. The van der Waals surface area contributed by atoms with E-state index >= 15 is 0 Å². The van der Waals surface area contributed by atoms with Crippen molar-refractivity contribution in [2.24, 2.45) is 0 Å². The van der Waals surface area contributed by atoms with Gasteiger partial charge in [0.05, 0.1) is 31.9 Å². The quantitative estimate of drug-likeness (QED) is 0.799. The summed E-state index contributed by atoms with van der Waals surface area (Å²) in [5.74, 6) is 2.36. The van der Waals surface area contributed by atoms with E-state index < -0.39 is 0 Å². The van der Waals surface area contributed by atoms with Gasteiger partial charge >= 0.3 is 0 Å². The number of ether oxygens (including phenoxy) is 3. The number of nitrogens with one attached hydrogen (secondary N) is 1. The van der Waals surface area contributed by atoms with Crippen molar-refractivity contribution in [3.05, 3.63) is 29.4 Å². The number of aromatic amines is 1. The molecular weight excluding hydrogens is 306 g/mol. The van der Waals surface area contributed by atoms with Crippen LogP contribution in [-0.2, 0) is 0 Å². The normalized spacial score (nSPS) is 10.7. The molecule has 0 aliphatic heterocycles. The molecule has 0 spiro atoms. The number of benzene rings is 1. The van der Waals surface area contributed by atoms with Gasteiger partial charge in [-0.3, -0.25) is 0 Å². The van der Waals surface area contributed by atoms with Crippen LogP contribution in [0.2, 0.25) is 5.02 Å². The fourth-order valence-electron chi connectivity index (χ4n) is 2.22. The number of methoxy groups -OCH3 is 3. The van der Waals surface area contributed by atoms with Crippen molar-refractivity contribution in [1.82, 2.24) is 15.0 Å². The molecule has 3 rings (SSSR count). The second kappa shape index (κ2) is 5.73. The molecule has 0 bridgehead atoms. The lowest BCUT2D eigenvalue weighted by molar-refractivity contribution is 0.349. The fourth-order valence-corrected chi connectivity index (χ4v) is 2.41. The van der Waals surface area contributed by atoms with Crippen molar-refractivity contribution in [2.45, 2.75) is 0 Å². The standard InChI is InChI=1S/C15H14ClN3O3/c1-20-10-7-12(22-3)11(21-2)6-8(10)14-18-13-9(16)4-5-17-15(13)19-14/h4-7H,1-3H3,(H,17,18,19). The maximum absolute atomic E-state index is 6.15. The zero-order valence-electron chi connectivity index (χ0n) is 12.3. The summed E-state index contributed by atoms with van der Waals surface area (Å²) in [5.41, 5.74) is 1.95. The number of aromatic nitrogens is 3. The van der Waals surface area contributed by atoms with Crippen molar-refractivity contribution in [1.29, 1.82) is 0 Å². The number of nitrogens with zero attached hydrogens (tertiary/aromatic N) is 2. The Kier molecular flexibility index (Phi) is 3.77. The third-order valence-electron chi connectivity index (χ3n) is 3.30. The Bertz CT molecular complexity index is 832. The Morgan fingerprint density at radius 2 is 1.68 bits per heavy atom. The lowest BCUT2D eigenvalue weighted by atomic mass is 10.1. The zero-order chi connectivity index (χ0) is 15.7. The summed E-state index contributed by atoms with van der Waals surface area (Å²) < 4.78 is 16.0. The molecule has 3 aromatic rings. The van der Waals surface area contributed by atoms with Crippen molar-refractivity contribution in [2.75, 3.05) is 21.3 Å². The van der Waals surface area contributed by atoms with Gasteiger partial charge in [0.25, 0.3) is 0 Å². The summed E-state index contributed by atoms with van der Waals surface area (Å²) in [6.45, 7) is 0. The molecule has 0 saturated heterocycles. The summed E-state index contributed by atoms with van der Waals surface area (Å²) >= 11 is 6.15. The highest BCUT2D eigenvalue weighted by molar-refractivity contribution is 6.34. The number of hydrogen-bond donors (Lipinski definition) is 1. The average Bonchev–Trinajstić information content (AvgIpc) is 2.98. The van der Waals surface area contributed by atoms with Crippen LogP contribution in [-0.4, -0.2) is 36.3 Å². The molecule has 1 N–H and O–H groups in total. The van der Waals surface area contributed by atoms with Crippen LogP contribution < -0.4 is 14.2 Å². The molecule has 1 aromatic carbocycles. The molecule has 0 aliphatic rings. The SMILES string of the molecule is COc1cc(OC)c(-c2nc3nccc(Cl)c3[nH]2)cc1OC. The van der Waals surface area contributed by atoms with E-state index in [1.165, 1.54) is 0 Å². The van der Waals surface area contributed by atoms with E-state index in [9.17, 15) is 0 Å². The largest absolute Gasteiger partial charge is 0.496 e. The summed E-state index contributed by atoms with van der Waals surface area (Å²) in [5, 5.41) is 0.559. The molecule has 114 valence electrons. The molecule has 0 radical (unpaired) electrons. The summed E-state index contributed by atoms with van der Waals surface area (Å²) in [7, 11) is 4.73. The summed E-state index contributed by atoms with van der Waals surface area (Å²) in [6, 6.07) is 5.25. The highest BCUT2D eigenvalue weighted by Gasteiger charge is 2.17. The molecule has 0 atom stereocenters.